The van der Waals surface area contributed by atoms with Gasteiger partial charge in [0, 0.05) is 23.0 Å². The molecule has 0 aliphatic rings. The first-order valence-electron chi connectivity index (χ1n) is 6.40. The molecule has 0 spiro atoms. The van der Waals surface area contributed by atoms with Crippen LogP contribution in [0.3, 0.4) is 0 Å². The van der Waals surface area contributed by atoms with Gasteiger partial charge in [0.05, 0.1) is 15.7 Å². The number of pyridine rings is 1. The van der Waals surface area contributed by atoms with Crippen LogP contribution in [0.15, 0.2) is 42.6 Å². The van der Waals surface area contributed by atoms with E-state index < -0.39 is 0 Å². The van der Waals surface area contributed by atoms with Crippen molar-refractivity contribution in [2.24, 2.45) is 0 Å². The molecule has 4 nitrogen and oxygen atoms in total. The van der Waals surface area contributed by atoms with Crippen molar-refractivity contribution in [1.29, 1.82) is 5.26 Å². The standard InChI is InChI=1S/C16H10Cl2N4/c17-12-4-3-9(6-13(12)18)15-7-10(14-2-1-5-21-14)11(8-19)16(20)22-15/h1-7,21H,(H2,20,22). The number of nitrogens with two attached hydrogens (primary N) is 1. The normalized spacial score (nSPS) is 10.4. The minimum absolute atomic E-state index is 0.177. The maximum atomic E-state index is 9.32. The van der Waals surface area contributed by atoms with Crippen LogP contribution in [0.2, 0.25) is 10.0 Å². The van der Waals surface area contributed by atoms with Crippen LogP contribution < -0.4 is 5.73 Å². The molecule has 0 fully saturated rings. The first kappa shape index (κ1) is 14.5. The molecule has 3 aromatic rings. The molecular weight excluding hydrogens is 319 g/mol. The summed E-state index contributed by atoms with van der Waals surface area (Å²) in [5.74, 6) is 0.177. The van der Waals surface area contributed by atoms with E-state index in [1.165, 1.54) is 0 Å². The van der Waals surface area contributed by atoms with Gasteiger partial charge in [-0.3, -0.25) is 0 Å². The second-order valence-corrected chi connectivity index (χ2v) is 5.45. The maximum absolute atomic E-state index is 9.32. The second-order valence-electron chi connectivity index (χ2n) is 4.64. The molecule has 0 radical (unpaired) electrons. The summed E-state index contributed by atoms with van der Waals surface area (Å²) >= 11 is 12.0. The zero-order chi connectivity index (χ0) is 15.7. The molecule has 0 atom stereocenters. The predicted molar refractivity (Wildman–Crippen MR) is 88.6 cm³/mol. The molecule has 0 saturated carbocycles. The number of nitrogens with zero attached hydrogens (tertiary/aromatic N) is 2. The Balaban J connectivity index is 2.22. The van der Waals surface area contributed by atoms with Gasteiger partial charge in [-0.15, -0.1) is 0 Å². The average molecular weight is 329 g/mol. The van der Waals surface area contributed by atoms with Crippen molar-refractivity contribution < 1.29 is 0 Å². The highest BCUT2D eigenvalue weighted by Gasteiger charge is 2.14. The van der Waals surface area contributed by atoms with Gasteiger partial charge in [-0.1, -0.05) is 29.3 Å². The van der Waals surface area contributed by atoms with E-state index in [0.29, 0.717) is 26.9 Å². The van der Waals surface area contributed by atoms with E-state index in [0.717, 1.165) is 11.3 Å². The van der Waals surface area contributed by atoms with Gasteiger partial charge in [-0.25, -0.2) is 4.98 Å². The second kappa shape index (κ2) is 5.72. The van der Waals surface area contributed by atoms with Crippen molar-refractivity contribution in [1.82, 2.24) is 9.97 Å². The molecule has 6 heteroatoms. The maximum Gasteiger partial charge on any atom is 0.142 e. The molecule has 2 aromatic heterocycles. The third kappa shape index (κ3) is 2.52. The number of H-pyrrole nitrogens is 1. The number of hydrogen-bond acceptors (Lipinski definition) is 3. The van der Waals surface area contributed by atoms with Crippen LogP contribution in [0, 0.1) is 11.3 Å². The number of nitriles is 1. The molecule has 2 heterocycles. The number of halogens is 2. The molecule has 0 amide bonds. The highest BCUT2D eigenvalue weighted by atomic mass is 35.5. The summed E-state index contributed by atoms with van der Waals surface area (Å²) in [5.41, 5.74) is 9.17. The van der Waals surface area contributed by atoms with Crippen LogP contribution in [0.5, 0.6) is 0 Å². The summed E-state index contributed by atoms with van der Waals surface area (Å²) in [6.45, 7) is 0. The van der Waals surface area contributed by atoms with E-state index in [4.69, 9.17) is 28.9 Å². The number of benzene rings is 1. The molecule has 0 aliphatic heterocycles. The number of nitrogens with one attached hydrogen (secondary N) is 1. The Morgan fingerprint density at radius 3 is 2.59 bits per heavy atom. The van der Waals surface area contributed by atoms with Crippen LogP contribution >= 0.6 is 23.2 Å². The minimum atomic E-state index is 0.177. The fourth-order valence-corrected chi connectivity index (χ4v) is 2.49. The molecule has 1 aromatic carbocycles. The molecule has 0 aliphatic carbocycles. The zero-order valence-corrected chi connectivity index (χ0v) is 12.8. The number of aromatic amines is 1. The SMILES string of the molecule is N#Cc1c(-c2ccc[nH]2)cc(-c2ccc(Cl)c(Cl)c2)nc1N. The van der Waals surface area contributed by atoms with E-state index in [9.17, 15) is 5.26 Å². The Morgan fingerprint density at radius 1 is 1.14 bits per heavy atom. The van der Waals surface area contributed by atoms with Gasteiger partial charge in [-0.05, 0) is 30.3 Å². The first-order valence-corrected chi connectivity index (χ1v) is 7.15. The van der Waals surface area contributed by atoms with Crippen LogP contribution in [0.4, 0.5) is 5.82 Å². The average Bonchev–Trinajstić information content (AvgIpc) is 3.03. The van der Waals surface area contributed by atoms with Crippen molar-refractivity contribution in [2.45, 2.75) is 0 Å². The lowest BCUT2D eigenvalue weighted by Gasteiger charge is -2.09. The lowest BCUT2D eigenvalue weighted by molar-refractivity contribution is 1.29. The molecule has 3 N–H and O–H groups in total. The number of nitrogen functional groups attached to an aromatic ring is 1. The van der Waals surface area contributed by atoms with Crippen LogP contribution in [-0.2, 0) is 0 Å². The Kier molecular flexibility index (Phi) is 3.76. The molecule has 108 valence electrons. The van der Waals surface area contributed by atoms with E-state index in [2.05, 4.69) is 16.0 Å². The summed E-state index contributed by atoms with van der Waals surface area (Å²) in [5, 5.41) is 10.2. The molecule has 0 bridgehead atoms. The van der Waals surface area contributed by atoms with Crippen LogP contribution in [0.25, 0.3) is 22.5 Å². The third-order valence-corrected chi connectivity index (χ3v) is 4.00. The highest BCUT2D eigenvalue weighted by Crippen LogP contribution is 2.32. The third-order valence-electron chi connectivity index (χ3n) is 3.26. The Morgan fingerprint density at radius 2 is 1.95 bits per heavy atom. The summed E-state index contributed by atoms with van der Waals surface area (Å²) in [6.07, 6.45) is 1.78. The lowest BCUT2D eigenvalue weighted by atomic mass is 10.0. The monoisotopic (exact) mass is 328 g/mol. The predicted octanol–water partition coefficient (Wildman–Crippen LogP) is 4.50. The van der Waals surface area contributed by atoms with E-state index >= 15 is 0 Å². The van der Waals surface area contributed by atoms with E-state index in [1.54, 1.807) is 30.5 Å². The topological polar surface area (TPSA) is 78.5 Å². The van der Waals surface area contributed by atoms with Crippen molar-refractivity contribution in [3.05, 3.63) is 58.2 Å². The number of anilines is 1. The van der Waals surface area contributed by atoms with Gasteiger partial charge < -0.3 is 10.7 Å². The van der Waals surface area contributed by atoms with Gasteiger partial charge in [0.15, 0.2) is 0 Å². The summed E-state index contributed by atoms with van der Waals surface area (Å²) in [4.78, 5) is 7.37. The quantitative estimate of drug-likeness (QED) is 0.726. The lowest BCUT2D eigenvalue weighted by Crippen LogP contribution is -1.99. The first-order chi connectivity index (χ1) is 10.6. The summed E-state index contributed by atoms with van der Waals surface area (Å²) in [7, 11) is 0. The van der Waals surface area contributed by atoms with Gasteiger partial charge in [0.1, 0.15) is 17.5 Å². The number of hydrogen-bond donors (Lipinski definition) is 2. The molecular formula is C16H10Cl2N4. The Labute approximate surface area is 137 Å². The molecule has 3 rings (SSSR count). The van der Waals surface area contributed by atoms with Crippen molar-refractivity contribution in [2.75, 3.05) is 5.73 Å². The van der Waals surface area contributed by atoms with E-state index in [-0.39, 0.29) is 5.82 Å². The largest absolute Gasteiger partial charge is 0.383 e. The number of aromatic nitrogens is 2. The van der Waals surface area contributed by atoms with Gasteiger partial charge in [0.2, 0.25) is 0 Å². The van der Waals surface area contributed by atoms with Crippen molar-refractivity contribution >= 4 is 29.0 Å². The van der Waals surface area contributed by atoms with Gasteiger partial charge >= 0.3 is 0 Å². The van der Waals surface area contributed by atoms with Crippen molar-refractivity contribution in [3.8, 4) is 28.6 Å². The van der Waals surface area contributed by atoms with Gasteiger partial charge in [0.25, 0.3) is 0 Å². The summed E-state index contributed by atoms with van der Waals surface area (Å²) < 4.78 is 0. The van der Waals surface area contributed by atoms with E-state index in [1.807, 2.05) is 12.1 Å². The van der Waals surface area contributed by atoms with Crippen LogP contribution in [-0.4, -0.2) is 9.97 Å². The Bertz CT molecular complexity index is 880. The fourth-order valence-electron chi connectivity index (χ4n) is 2.20. The summed E-state index contributed by atoms with van der Waals surface area (Å²) in [6, 6.07) is 12.8. The molecule has 0 unspecified atom stereocenters. The minimum Gasteiger partial charge on any atom is -0.383 e. The van der Waals surface area contributed by atoms with Gasteiger partial charge in [-0.2, -0.15) is 5.26 Å². The fraction of sp³-hybridized carbons (Fsp3) is 0. The molecule has 0 saturated heterocycles. The molecule has 22 heavy (non-hydrogen) atoms. The Hall–Kier alpha value is -2.48. The highest BCUT2D eigenvalue weighted by molar-refractivity contribution is 6.42. The van der Waals surface area contributed by atoms with Crippen LogP contribution in [0.1, 0.15) is 5.56 Å². The number of rotatable bonds is 2. The smallest absolute Gasteiger partial charge is 0.142 e. The van der Waals surface area contributed by atoms with Crippen molar-refractivity contribution in [3.63, 3.8) is 0 Å². The zero-order valence-electron chi connectivity index (χ0n) is 11.3.